The van der Waals surface area contributed by atoms with Crippen LogP contribution in [0.25, 0.3) is 0 Å². The van der Waals surface area contributed by atoms with Gasteiger partial charge in [-0.3, -0.25) is 4.79 Å². The van der Waals surface area contributed by atoms with Gasteiger partial charge in [-0.2, -0.15) is 5.26 Å². The largest absolute Gasteiger partial charge is 0.323 e. The first-order valence-corrected chi connectivity index (χ1v) is 6.41. The maximum Gasteiger partial charge on any atom is 0.258 e. The lowest BCUT2D eigenvalue weighted by Crippen LogP contribution is -2.43. The molecule has 0 spiro atoms. The summed E-state index contributed by atoms with van der Waals surface area (Å²) >= 11 is 11.6. The van der Waals surface area contributed by atoms with E-state index in [-0.39, 0.29) is 22.3 Å². The number of carbonyl (C=O) groups excluding carboxylic acids is 1. The Labute approximate surface area is 115 Å². The Morgan fingerprint density at radius 3 is 2.89 bits per heavy atom. The smallest absolute Gasteiger partial charge is 0.258 e. The van der Waals surface area contributed by atoms with Crippen molar-refractivity contribution in [2.75, 3.05) is 6.54 Å². The first-order chi connectivity index (χ1) is 8.63. The normalized spacial score (nSPS) is 19.4. The summed E-state index contributed by atoms with van der Waals surface area (Å²) in [6.45, 7) is 0.579. The molecule has 4 nitrogen and oxygen atoms in total. The van der Waals surface area contributed by atoms with Crippen molar-refractivity contribution < 1.29 is 4.79 Å². The van der Waals surface area contributed by atoms with Gasteiger partial charge in [-0.25, -0.2) is 4.98 Å². The molecule has 0 N–H and O–H groups in total. The van der Waals surface area contributed by atoms with Crippen molar-refractivity contribution in [3.63, 3.8) is 0 Å². The number of rotatable bonds is 1. The van der Waals surface area contributed by atoms with Gasteiger partial charge in [0.2, 0.25) is 0 Å². The summed E-state index contributed by atoms with van der Waals surface area (Å²) in [4.78, 5) is 17.7. The average Bonchev–Trinajstić information content (AvgIpc) is 2.38. The summed E-state index contributed by atoms with van der Waals surface area (Å²) in [5.41, 5.74) is 0.295. The van der Waals surface area contributed by atoms with E-state index in [0.29, 0.717) is 18.5 Å². The minimum absolute atomic E-state index is 0.0785. The van der Waals surface area contributed by atoms with Crippen LogP contribution < -0.4 is 0 Å². The molecular weight excluding hydrogens is 273 g/mol. The molecule has 1 aromatic rings. The molecule has 94 valence electrons. The Hall–Kier alpha value is -1.31. The van der Waals surface area contributed by atoms with Gasteiger partial charge in [-0.1, -0.05) is 23.2 Å². The van der Waals surface area contributed by atoms with E-state index in [2.05, 4.69) is 11.1 Å². The second-order valence-electron chi connectivity index (χ2n) is 4.11. The number of nitrogens with zero attached hydrogens (tertiary/aromatic N) is 3. The molecule has 1 fully saturated rings. The Kier molecular flexibility index (Phi) is 4.05. The fraction of sp³-hybridized carbons (Fsp3) is 0.417. The summed E-state index contributed by atoms with van der Waals surface area (Å²) in [5, 5.41) is 9.38. The van der Waals surface area contributed by atoms with Crippen molar-refractivity contribution in [2.45, 2.75) is 25.3 Å². The van der Waals surface area contributed by atoms with Crippen molar-refractivity contribution >= 4 is 29.1 Å². The van der Waals surface area contributed by atoms with Crippen LogP contribution in [0, 0.1) is 11.3 Å². The van der Waals surface area contributed by atoms with Gasteiger partial charge in [-0.05, 0) is 31.4 Å². The molecule has 0 radical (unpaired) electrons. The lowest BCUT2D eigenvalue weighted by molar-refractivity contribution is 0.0670. The zero-order chi connectivity index (χ0) is 13.1. The zero-order valence-corrected chi connectivity index (χ0v) is 11.1. The van der Waals surface area contributed by atoms with Crippen LogP contribution in [0.2, 0.25) is 10.3 Å². The number of nitriles is 1. The van der Waals surface area contributed by atoms with Crippen LogP contribution in [0.1, 0.15) is 29.6 Å². The summed E-state index contributed by atoms with van der Waals surface area (Å²) < 4.78 is 0. The molecule has 1 unspecified atom stereocenters. The molecule has 1 aliphatic rings. The van der Waals surface area contributed by atoms with Crippen LogP contribution in [0.4, 0.5) is 0 Å². The van der Waals surface area contributed by atoms with Crippen molar-refractivity contribution in [3.05, 3.63) is 28.0 Å². The van der Waals surface area contributed by atoms with E-state index >= 15 is 0 Å². The van der Waals surface area contributed by atoms with Crippen molar-refractivity contribution in [2.24, 2.45) is 0 Å². The van der Waals surface area contributed by atoms with Gasteiger partial charge in [0.25, 0.3) is 5.91 Å². The lowest BCUT2D eigenvalue weighted by atomic mass is 10.0. The van der Waals surface area contributed by atoms with E-state index in [1.54, 1.807) is 11.0 Å². The topological polar surface area (TPSA) is 57.0 Å². The van der Waals surface area contributed by atoms with Crippen LogP contribution >= 0.6 is 23.2 Å². The molecule has 1 aromatic heterocycles. The predicted octanol–water partition coefficient (Wildman–Crippen LogP) is 2.91. The molecule has 2 heterocycles. The van der Waals surface area contributed by atoms with Crippen molar-refractivity contribution in [1.29, 1.82) is 5.26 Å². The number of hydrogen-bond acceptors (Lipinski definition) is 3. The SMILES string of the molecule is N#CC1CCCCN1C(=O)c1ccc(Cl)nc1Cl. The van der Waals surface area contributed by atoms with Crippen LogP contribution in [-0.4, -0.2) is 28.4 Å². The van der Waals surface area contributed by atoms with E-state index in [9.17, 15) is 4.79 Å². The van der Waals surface area contributed by atoms with E-state index in [4.69, 9.17) is 28.5 Å². The van der Waals surface area contributed by atoms with Gasteiger partial charge in [0.05, 0.1) is 11.6 Å². The van der Waals surface area contributed by atoms with Gasteiger partial charge in [0.15, 0.2) is 0 Å². The molecule has 1 saturated heterocycles. The molecule has 2 rings (SSSR count). The molecule has 6 heteroatoms. The molecule has 1 atom stereocenters. The molecule has 0 aliphatic carbocycles. The molecule has 18 heavy (non-hydrogen) atoms. The van der Waals surface area contributed by atoms with Crippen LogP contribution in [0.5, 0.6) is 0 Å². The Morgan fingerprint density at radius 2 is 2.22 bits per heavy atom. The third kappa shape index (κ3) is 2.58. The number of pyridine rings is 1. The molecule has 1 amide bonds. The van der Waals surface area contributed by atoms with Crippen LogP contribution in [0.15, 0.2) is 12.1 Å². The van der Waals surface area contributed by atoms with E-state index in [1.165, 1.54) is 6.07 Å². The van der Waals surface area contributed by atoms with Gasteiger partial charge < -0.3 is 4.90 Å². The minimum Gasteiger partial charge on any atom is -0.323 e. The third-order valence-electron chi connectivity index (χ3n) is 2.96. The molecule has 0 aromatic carbocycles. The van der Waals surface area contributed by atoms with E-state index in [1.807, 2.05) is 0 Å². The summed E-state index contributed by atoms with van der Waals surface area (Å²) in [5.74, 6) is -0.254. The number of hydrogen-bond donors (Lipinski definition) is 0. The lowest BCUT2D eigenvalue weighted by Gasteiger charge is -2.31. The number of likely N-dealkylation sites (tertiary alicyclic amines) is 1. The minimum atomic E-state index is -0.377. The quantitative estimate of drug-likeness (QED) is 0.745. The standard InChI is InChI=1S/C12H11Cl2N3O/c13-10-5-4-9(11(14)16-10)12(18)17-6-2-1-3-8(17)7-15/h4-5,8H,1-3,6H2. The molecule has 1 aliphatic heterocycles. The van der Waals surface area contributed by atoms with Crippen molar-refractivity contribution in [3.8, 4) is 6.07 Å². The third-order valence-corrected chi connectivity index (χ3v) is 3.46. The van der Waals surface area contributed by atoms with Gasteiger partial charge in [0, 0.05) is 6.54 Å². The van der Waals surface area contributed by atoms with Gasteiger partial charge in [-0.15, -0.1) is 0 Å². The number of piperidine rings is 1. The number of halogens is 2. The maximum atomic E-state index is 12.3. The number of carbonyl (C=O) groups is 1. The van der Waals surface area contributed by atoms with Crippen LogP contribution in [0.3, 0.4) is 0 Å². The van der Waals surface area contributed by atoms with Crippen LogP contribution in [-0.2, 0) is 0 Å². The zero-order valence-electron chi connectivity index (χ0n) is 9.57. The van der Waals surface area contributed by atoms with E-state index in [0.717, 1.165) is 12.8 Å². The Morgan fingerprint density at radius 1 is 1.44 bits per heavy atom. The molecular formula is C12H11Cl2N3O. The maximum absolute atomic E-state index is 12.3. The highest BCUT2D eigenvalue weighted by Gasteiger charge is 2.28. The summed E-state index contributed by atoms with van der Waals surface area (Å²) in [7, 11) is 0. The molecule has 0 bridgehead atoms. The summed E-state index contributed by atoms with van der Waals surface area (Å²) in [6.07, 6.45) is 2.58. The highest BCUT2D eigenvalue weighted by Crippen LogP contribution is 2.23. The van der Waals surface area contributed by atoms with E-state index < -0.39 is 0 Å². The second-order valence-corrected chi connectivity index (χ2v) is 4.86. The fourth-order valence-electron chi connectivity index (χ4n) is 2.04. The fourth-order valence-corrected chi connectivity index (χ4v) is 2.46. The highest BCUT2D eigenvalue weighted by molar-refractivity contribution is 6.34. The molecule has 0 saturated carbocycles. The highest BCUT2D eigenvalue weighted by atomic mass is 35.5. The number of aromatic nitrogens is 1. The van der Waals surface area contributed by atoms with Gasteiger partial charge in [0.1, 0.15) is 16.3 Å². The first-order valence-electron chi connectivity index (χ1n) is 5.66. The number of amides is 1. The Balaban J connectivity index is 2.27. The Bertz CT molecular complexity index is 513. The second kappa shape index (κ2) is 5.55. The van der Waals surface area contributed by atoms with Gasteiger partial charge >= 0.3 is 0 Å². The monoisotopic (exact) mass is 283 g/mol. The summed E-state index contributed by atoms with van der Waals surface area (Å²) in [6, 6.07) is 4.84. The average molecular weight is 284 g/mol. The van der Waals surface area contributed by atoms with Crippen molar-refractivity contribution in [1.82, 2.24) is 9.88 Å². The first kappa shape index (κ1) is 13.1. The predicted molar refractivity (Wildman–Crippen MR) is 68.5 cm³/mol.